The van der Waals surface area contributed by atoms with Crippen molar-refractivity contribution in [2.24, 2.45) is 0 Å². The highest BCUT2D eigenvalue weighted by Gasteiger charge is 2.35. The molecule has 2 aromatic carbocycles. The summed E-state index contributed by atoms with van der Waals surface area (Å²) in [5, 5.41) is 8.69. The summed E-state index contributed by atoms with van der Waals surface area (Å²) in [6.45, 7) is 3.93. The number of carbonyl (C=O) groups excluding carboxylic acids is 1. The number of fused-ring (bicyclic) bond motifs is 1. The maximum Gasteiger partial charge on any atom is 0.254 e. The second kappa shape index (κ2) is 8.17. The number of anilines is 1. The highest BCUT2D eigenvalue weighted by atomic mass is 35.5. The summed E-state index contributed by atoms with van der Waals surface area (Å²) in [7, 11) is 1.82. The number of likely N-dealkylation sites (N-methyl/N-ethyl adjacent to an activating group) is 1. The molecule has 4 rings (SSSR count). The molecule has 154 valence electrons. The largest absolute Gasteiger partial charge is 0.344 e. The lowest BCUT2D eigenvalue weighted by atomic mass is 9.93. The first-order valence-electron chi connectivity index (χ1n) is 9.67. The minimum absolute atomic E-state index is 0.0754. The van der Waals surface area contributed by atoms with E-state index in [1.54, 1.807) is 27.9 Å². The predicted octanol–water partition coefficient (Wildman–Crippen LogP) is 5.70. The minimum atomic E-state index is -0.413. The number of benzene rings is 2. The number of nitrogens with zero attached hydrogens (tertiary/aromatic N) is 3. The van der Waals surface area contributed by atoms with Gasteiger partial charge in [-0.2, -0.15) is 5.10 Å². The molecule has 1 amide bonds. The second-order valence-electron chi connectivity index (χ2n) is 7.40. The van der Waals surface area contributed by atoms with Crippen LogP contribution >= 0.6 is 23.2 Å². The molecule has 30 heavy (non-hydrogen) atoms. The molecular weight excluding hydrogens is 419 g/mol. The van der Waals surface area contributed by atoms with E-state index in [0.717, 1.165) is 22.6 Å². The maximum absolute atomic E-state index is 13.7. The molecule has 0 fully saturated rings. The Morgan fingerprint density at radius 3 is 2.57 bits per heavy atom. The lowest BCUT2D eigenvalue weighted by Crippen LogP contribution is -2.37. The zero-order chi connectivity index (χ0) is 21.4. The zero-order valence-electron chi connectivity index (χ0n) is 16.9. The maximum atomic E-state index is 13.7. The molecule has 2 atom stereocenters. The summed E-state index contributed by atoms with van der Waals surface area (Å²) < 4.78 is 1.81. The van der Waals surface area contributed by atoms with Crippen LogP contribution in [0.5, 0.6) is 0 Å². The van der Waals surface area contributed by atoms with Crippen LogP contribution in [0, 0.1) is 0 Å². The number of hydrogen-bond donors (Lipinski definition) is 1. The summed E-state index contributed by atoms with van der Waals surface area (Å²) in [6, 6.07) is 16.8. The Morgan fingerprint density at radius 1 is 1.13 bits per heavy atom. The van der Waals surface area contributed by atoms with Gasteiger partial charge in [-0.3, -0.25) is 4.79 Å². The van der Waals surface area contributed by atoms with Crippen LogP contribution in [0.4, 0.5) is 5.82 Å². The molecule has 0 saturated heterocycles. The molecule has 0 aliphatic carbocycles. The van der Waals surface area contributed by atoms with E-state index >= 15 is 0 Å². The molecule has 0 saturated carbocycles. The molecule has 1 unspecified atom stereocenters. The third-order valence-corrected chi connectivity index (χ3v) is 6.32. The van der Waals surface area contributed by atoms with Gasteiger partial charge in [0.1, 0.15) is 11.9 Å². The van der Waals surface area contributed by atoms with E-state index in [-0.39, 0.29) is 11.9 Å². The van der Waals surface area contributed by atoms with E-state index in [2.05, 4.69) is 10.4 Å². The minimum Gasteiger partial charge on any atom is -0.344 e. The summed E-state index contributed by atoms with van der Waals surface area (Å²) in [6.07, 6.45) is 1.71. The first-order chi connectivity index (χ1) is 14.4. The lowest BCUT2D eigenvalue weighted by Gasteiger charge is -2.34. The van der Waals surface area contributed by atoms with E-state index in [0.29, 0.717) is 15.6 Å². The first-order valence-corrected chi connectivity index (χ1v) is 10.4. The summed E-state index contributed by atoms with van der Waals surface area (Å²) >= 11 is 12.4. The van der Waals surface area contributed by atoms with E-state index in [1.807, 2.05) is 63.4 Å². The Morgan fingerprint density at radius 2 is 1.87 bits per heavy atom. The molecule has 1 N–H and O–H groups in total. The van der Waals surface area contributed by atoms with E-state index in [4.69, 9.17) is 23.2 Å². The molecular formula is C23H22Cl2N4O. The smallest absolute Gasteiger partial charge is 0.254 e. The lowest BCUT2D eigenvalue weighted by molar-refractivity contribution is -0.128. The summed E-state index contributed by atoms with van der Waals surface area (Å²) in [5.41, 5.74) is 3.33. The Labute approximate surface area is 185 Å². The van der Waals surface area contributed by atoms with Gasteiger partial charge in [0, 0.05) is 18.8 Å². The average molecular weight is 441 g/mol. The first kappa shape index (κ1) is 20.5. The van der Waals surface area contributed by atoms with Crippen molar-refractivity contribution in [1.29, 1.82) is 0 Å². The number of aromatic nitrogens is 2. The van der Waals surface area contributed by atoms with Gasteiger partial charge in [0.25, 0.3) is 5.91 Å². The Hall–Kier alpha value is -2.76. The van der Waals surface area contributed by atoms with Gasteiger partial charge in [-0.15, -0.1) is 0 Å². The molecule has 1 aliphatic rings. The average Bonchev–Trinajstić information content (AvgIpc) is 3.21. The molecule has 0 bridgehead atoms. The standard InChI is InChI=1S/C23H22Cl2N4O/c1-14-21(23(30)28(3)15(2)16-7-5-4-6-8-16)22(29-20(27-14)11-12-26-29)17-9-10-18(24)19(25)13-17/h4-13,15,22,27H,1-3H3/t15-,22?/m1/s1. The Kier molecular flexibility index (Phi) is 5.58. The van der Waals surface area contributed by atoms with Gasteiger partial charge < -0.3 is 10.2 Å². The molecule has 3 aromatic rings. The van der Waals surface area contributed by atoms with Crippen LogP contribution < -0.4 is 5.32 Å². The van der Waals surface area contributed by atoms with E-state index in [9.17, 15) is 4.79 Å². The van der Waals surface area contributed by atoms with Crippen molar-refractivity contribution < 1.29 is 4.79 Å². The molecule has 1 aliphatic heterocycles. The molecule has 7 heteroatoms. The number of nitrogens with one attached hydrogen (secondary N) is 1. The van der Waals surface area contributed by atoms with Gasteiger partial charge in [-0.1, -0.05) is 59.6 Å². The molecule has 0 spiro atoms. The van der Waals surface area contributed by atoms with Gasteiger partial charge in [-0.25, -0.2) is 4.68 Å². The number of halogens is 2. The van der Waals surface area contributed by atoms with Crippen molar-refractivity contribution in [2.45, 2.75) is 25.9 Å². The van der Waals surface area contributed by atoms with Gasteiger partial charge >= 0.3 is 0 Å². The molecule has 1 aromatic heterocycles. The van der Waals surface area contributed by atoms with Crippen molar-refractivity contribution in [3.05, 3.63) is 93.2 Å². The normalized spacial score (nSPS) is 16.6. The van der Waals surface area contributed by atoms with Crippen LogP contribution in [-0.4, -0.2) is 27.6 Å². The highest BCUT2D eigenvalue weighted by molar-refractivity contribution is 6.42. The molecule has 2 heterocycles. The van der Waals surface area contributed by atoms with Crippen LogP contribution in [0.1, 0.15) is 37.1 Å². The SMILES string of the molecule is CC1=C(C(=O)N(C)[C@H](C)c2ccccc2)C(c2ccc(Cl)c(Cl)c2)n2nccc2N1. The monoisotopic (exact) mass is 440 g/mol. The topological polar surface area (TPSA) is 50.2 Å². The van der Waals surface area contributed by atoms with Crippen LogP contribution in [0.15, 0.2) is 72.1 Å². The highest BCUT2D eigenvalue weighted by Crippen LogP contribution is 2.39. The number of allylic oxidation sites excluding steroid dienone is 1. The van der Waals surface area contributed by atoms with Gasteiger partial charge in [0.15, 0.2) is 0 Å². The van der Waals surface area contributed by atoms with E-state index in [1.165, 1.54) is 0 Å². The molecule has 5 nitrogen and oxygen atoms in total. The van der Waals surface area contributed by atoms with Gasteiger partial charge in [0.2, 0.25) is 0 Å². The molecule has 0 radical (unpaired) electrons. The van der Waals surface area contributed by atoms with Crippen LogP contribution in [0.2, 0.25) is 10.0 Å². The third kappa shape index (κ3) is 3.59. The second-order valence-corrected chi connectivity index (χ2v) is 8.22. The Balaban J connectivity index is 1.77. The van der Waals surface area contributed by atoms with E-state index < -0.39 is 6.04 Å². The number of amides is 1. The quantitative estimate of drug-likeness (QED) is 0.565. The van der Waals surface area contributed by atoms with Gasteiger partial charge in [-0.05, 0) is 37.1 Å². The van der Waals surface area contributed by atoms with Crippen molar-refractivity contribution in [2.75, 3.05) is 12.4 Å². The predicted molar refractivity (Wildman–Crippen MR) is 121 cm³/mol. The fourth-order valence-corrected chi connectivity index (χ4v) is 4.10. The number of rotatable bonds is 4. The third-order valence-electron chi connectivity index (χ3n) is 5.58. The van der Waals surface area contributed by atoms with Crippen molar-refractivity contribution in [3.8, 4) is 0 Å². The van der Waals surface area contributed by atoms with Crippen LogP contribution in [0.25, 0.3) is 0 Å². The van der Waals surface area contributed by atoms with Crippen molar-refractivity contribution in [3.63, 3.8) is 0 Å². The number of carbonyl (C=O) groups is 1. The summed E-state index contributed by atoms with van der Waals surface area (Å²) in [5.74, 6) is 0.743. The van der Waals surface area contributed by atoms with Crippen LogP contribution in [-0.2, 0) is 4.79 Å². The fraction of sp³-hybridized carbons (Fsp3) is 0.217. The Bertz CT molecular complexity index is 1120. The van der Waals surface area contributed by atoms with Crippen LogP contribution in [0.3, 0.4) is 0 Å². The fourth-order valence-electron chi connectivity index (χ4n) is 3.79. The zero-order valence-corrected chi connectivity index (χ0v) is 18.4. The van der Waals surface area contributed by atoms with Gasteiger partial charge in [0.05, 0.1) is 27.9 Å². The van der Waals surface area contributed by atoms with Crippen molar-refractivity contribution in [1.82, 2.24) is 14.7 Å². The van der Waals surface area contributed by atoms with Crippen molar-refractivity contribution >= 4 is 34.9 Å². The number of hydrogen-bond acceptors (Lipinski definition) is 3. The summed E-state index contributed by atoms with van der Waals surface area (Å²) in [4.78, 5) is 15.5.